The lowest BCUT2D eigenvalue weighted by Crippen LogP contribution is -2.29. The number of hydrogen-bond donors (Lipinski definition) is 1. The molecule has 3 nitrogen and oxygen atoms in total. The molecule has 92 valence electrons. The van der Waals surface area contributed by atoms with Gasteiger partial charge in [-0.25, -0.2) is 0 Å². The first kappa shape index (κ1) is 13.3. The number of nitrogens with one attached hydrogen (secondary N) is 1. The van der Waals surface area contributed by atoms with Crippen LogP contribution in [0.4, 0.5) is 0 Å². The van der Waals surface area contributed by atoms with Crippen LogP contribution in [-0.2, 0) is 4.79 Å². The molecule has 0 atom stereocenters. The molecule has 0 saturated heterocycles. The zero-order valence-electron chi connectivity index (χ0n) is 10.4. The molecule has 0 saturated carbocycles. The second kappa shape index (κ2) is 7.49. The van der Waals surface area contributed by atoms with Crippen molar-refractivity contribution in [1.82, 2.24) is 5.32 Å². The van der Waals surface area contributed by atoms with Gasteiger partial charge in [-0.1, -0.05) is 30.4 Å². The van der Waals surface area contributed by atoms with E-state index in [-0.39, 0.29) is 12.5 Å². The molecule has 3 heteroatoms. The van der Waals surface area contributed by atoms with Crippen molar-refractivity contribution < 1.29 is 9.53 Å². The van der Waals surface area contributed by atoms with Crippen LogP contribution < -0.4 is 10.1 Å². The number of amides is 1. The van der Waals surface area contributed by atoms with Crippen molar-refractivity contribution in [3.8, 4) is 5.75 Å². The van der Waals surface area contributed by atoms with Crippen molar-refractivity contribution in [2.24, 2.45) is 0 Å². The molecule has 1 N–H and O–H groups in total. The van der Waals surface area contributed by atoms with Crippen LogP contribution >= 0.6 is 0 Å². The molecule has 1 aromatic carbocycles. The van der Waals surface area contributed by atoms with Gasteiger partial charge in [0.1, 0.15) is 5.75 Å². The lowest BCUT2D eigenvalue weighted by Gasteiger charge is -2.08. The number of para-hydroxylation sites is 1. The maximum Gasteiger partial charge on any atom is 0.257 e. The Labute approximate surface area is 102 Å². The molecule has 0 heterocycles. The van der Waals surface area contributed by atoms with Gasteiger partial charge in [0.2, 0.25) is 0 Å². The predicted octanol–water partition coefficient (Wildman–Crippen LogP) is 2.46. The molecule has 0 aliphatic carbocycles. The van der Waals surface area contributed by atoms with Crippen LogP contribution in [-0.4, -0.2) is 19.1 Å². The molecule has 0 spiro atoms. The highest BCUT2D eigenvalue weighted by atomic mass is 16.5. The lowest BCUT2D eigenvalue weighted by atomic mass is 10.2. The van der Waals surface area contributed by atoms with Gasteiger partial charge in [-0.05, 0) is 31.9 Å². The third kappa shape index (κ3) is 5.20. The molecule has 0 aromatic heterocycles. The summed E-state index contributed by atoms with van der Waals surface area (Å²) < 4.78 is 5.43. The Hall–Kier alpha value is -1.77. The molecule has 1 amide bonds. The van der Waals surface area contributed by atoms with Crippen LogP contribution in [0.3, 0.4) is 0 Å². The van der Waals surface area contributed by atoms with Gasteiger partial charge in [0.15, 0.2) is 6.61 Å². The van der Waals surface area contributed by atoms with E-state index in [2.05, 4.69) is 5.32 Å². The summed E-state index contributed by atoms with van der Waals surface area (Å²) in [5.74, 6) is 0.675. The van der Waals surface area contributed by atoms with Crippen molar-refractivity contribution in [3.63, 3.8) is 0 Å². The minimum atomic E-state index is -0.0854. The van der Waals surface area contributed by atoms with E-state index >= 15 is 0 Å². The van der Waals surface area contributed by atoms with E-state index < -0.39 is 0 Å². The Kier molecular flexibility index (Phi) is 5.86. The van der Waals surface area contributed by atoms with Gasteiger partial charge in [0, 0.05) is 6.54 Å². The average molecular weight is 233 g/mol. The third-order valence-electron chi connectivity index (χ3n) is 2.32. The maximum atomic E-state index is 11.4. The summed E-state index contributed by atoms with van der Waals surface area (Å²) >= 11 is 0. The van der Waals surface area contributed by atoms with Gasteiger partial charge >= 0.3 is 0 Å². The number of allylic oxidation sites excluding steroid dienone is 1. The van der Waals surface area contributed by atoms with Crippen molar-refractivity contribution >= 4 is 5.91 Å². The molecule has 0 unspecified atom stereocenters. The number of rotatable bonds is 6. The van der Waals surface area contributed by atoms with E-state index in [4.69, 9.17) is 4.74 Å². The predicted molar refractivity (Wildman–Crippen MR) is 69.1 cm³/mol. The van der Waals surface area contributed by atoms with Crippen molar-refractivity contribution in [2.75, 3.05) is 13.2 Å². The topological polar surface area (TPSA) is 38.3 Å². The SMILES string of the molecule is C/C=C/CCNC(=O)COc1ccccc1C. The fourth-order valence-electron chi connectivity index (χ4n) is 1.37. The number of carbonyl (C=O) groups excluding carboxylic acids is 1. The summed E-state index contributed by atoms with van der Waals surface area (Å²) in [4.78, 5) is 11.4. The second-order valence-electron chi connectivity index (χ2n) is 3.76. The van der Waals surface area contributed by atoms with Crippen LogP contribution in [0.15, 0.2) is 36.4 Å². The number of benzene rings is 1. The van der Waals surface area contributed by atoms with Crippen LogP contribution in [0, 0.1) is 6.92 Å². The van der Waals surface area contributed by atoms with Gasteiger partial charge in [-0.2, -0.15) is 0 Å². The summed E-state index contributed by atoms with van der Waals surface area (Å²) in [7, 11) is 0. The Bertz CT molecular complexity index is 386. The van der Waals surface area contributed by atoms with E-state index in [0.717, 1.165) is 17.7 Å². The highest BCUT2D eigenvalue weighted by Gasteiger charge is 2.02. The zero-order valence-corrected chi connectivity index (χ0v) is 10.4. The number of carbonyl (C=O) groups is 1. The molecule has 0 bridgehead atoms. The molecular weight excluding hydrogens is 214 g/mol. The number of ether oxygens (including phenoxy) is 1. The van der Waals surface area contributed by atoms with Gasteiger partial charge in [0.25, 0.3) is 5.91 Å². The summed E-state index contributed by atoms with van der Waals surface area (Å²) in [6.07, 6.45) is 4.84. The van der Waals surface area contributed by atoms with E-state index in [1.807, 2.05) is 50.3 Å². The van der Waals surface area contributed by atoms with E-state index in [9.17, 15) is 4.79 Å². The number of aryl methyl sites for hydroxylation is 1. The molecule has 1 aromatic rings. The van der Waals surface area contributed by atoms with E-state index in [1.165, 1.54) is 0 Å². The highest BCUT2D eigenvalue weighted by molar-refractivity contribution is 5.77. The third-order valence-corrected chi connectivity index (χ3v) is 2.32. The summed E-state index contributed by atoms with van der Waals surface area (Å²) in [6.45, 7) is 4.64. The smallest absolute Gasteiger partial charge is 0.257 e. The molecule has 0 aliphatic rings. The van der Waals surface area contributed by atoms with E-state index in [0.29, 0.717) is 6.54 Å². The van der Waals surface area contributed by atoms with Crippen LogP contribution in [0.2, 0.25) is 0 Å². The van der Waals surface area contributed by atoms with Gasteiger partial charge in [-0.15, -0.1) is 0 Å². The van der Waals surface area contributed by atoms with Crippen molar-refractivity contribution in [1.29, 1.82) is 0 Å². The molecule has 0 radical (unpaired) electrons. The normalized spacial score (nSPS) is 10.5. The minimum Gasteiger partial charge on any atom is -0.484 e. The first-order valence-corrected chi connectivity index (χ1v) is 5.80. The monoisotopic (exact) mass is 233 g/mol. The van der Waals surface area contributed by atoms with Crippen molar-refractivity contribution in [3.05, 3.63) is 42.0 Å². The second-order valence-corrected chi connectivity index (χ2v) is 3.76. The first-order chi connectivity index (χ1) is 8.24. The summed E-state index contributed by atoms with van der Waals surface area (Å²) in [5.41, 5.74) is 1.04. The Morgan fingerprint density at radius 2 is 2.18 bits per heavy atom. The van der Waals surface area contributed by atoms with Crippen LogP contribution in [0.1, 0.15) is 18.9 Å². The Morgan fingerprint density at radius 3 is 2.88 bits per heavy atom. The lowest BCUT2D eigenvalue weighted by molar-refractivity contribution is -0.123. The molecule has 1 rings (SSSR count). The van der Waals surface area contributed by atoms with Crippen LogP contribution in [0.5, 0.6) is 5.75 Å². The Balaban J connectivity index is 2.26. The molecule has 0 fully saturated rings. The average Bonchev–Trinajstić information content (AvgIpc) is 2.34. The fraction of sp³-hybridized carbons (Fsp3) is 0.357. The summed E-state index contributed by atoms with van der Waals surface area (Å²) in [6, 6.07) is 7.66. The van der Waals surface area contributed by atoms with Crippen molar-refractivity contribution in [2.45, 2.75) is 20.3 Å². The van der Waals surface area contributed by atoms with Crippen LogP contribution in [0.25, 0.3) is 0 Å². The van der Waals surface area contributed by atoms with E-state index in [1.54, 1.807) is 0 Å². The largest absolute Gasteiger partial charge is 0.484 e. The first-order valence-electron chi connectivity index (χ1n) is 5.80. The number of hydrogen-bond acceptors (Lipinski definition) is 2. The van der Waals surface area contributed by atoms with Gasteiger partial charge in [0.05, 0.1) is 0 Å². The highest BCUT2D eigenvalue weighted by Crippen LogP contribution is 2.15. The molecular formula is C14H19NO2. The summed E-state index contributed by atoms with van der Waals surface area (Å²) in [5, 5.41) is 2.79. The van der Waals surface area contributed by atoms with Gasteiger partial charge in [-0.3, -0.25) is 4.79 Å². The fourth-order valence-corrected chi connectivity index (χ4v) is 1.37. The maximum absolute atomic E-state index is 11.4. The minimum absolute atomic E-state index is 0.0701. The zero-order chi connectivity index (χ0) is 12.5. The quantitative estimate of drug-likeness (QED) is 0.605. The standard InChI is InChI=1S/C14H19NO2/c1-3-4-7-10-15-14(16)11-17-13-9-6-5-8-12(13)2/h3-6,8-9H,7,10-11H2,1-2H3,(H,15,16)/b4-3+. The van der Waals surface area contributed by atoms with Gasteiger partial charge < -0.3 is 10.1 Å². The Morgan fingerprint density at radius 1 is 1.41 bits per heavy atom. The molecule has 0 aliphatic heterocycles. The molecule has 17 heavy (non-hydrogen) atoms.